The Morgan fingerprint density at radius 3 is 1.32 bits per heavy atom. The minimum atomic E-state index is -0.556. The Balaban J connectivity index is 2.16. The molecule has 0 saturated carbocycles. The molecule has 3 heteroatoms. The Morgan fingerprint density at radius 2 is 0.919 bits per heavy atom. The van der Waals surface area contributed by atoms with Crippen LogP contribution >= 0.6 is 7.92 Å². The zero-order chi connectivity index (χ0) is 26.8. The topological polar surface area (TPSA) is 18.5 Å². The van der Waals surface area contributed by atoms with Crippen LogP contribution in [0, 0.1) is 0 Å². The third-order valence-corrected chi connectivity index (χ3v) is 10.1. The van der Waals surface area contributed by atoms with Gasteiger partial charge in [0.1, 0.15) is 11.5 Å². The predicted molar refractivity (Wildman–Crippen MR) is 162 cm³/mol. The van der Waals surface area contributed by atoms with Crippen LogP contribution in [0.1, 0.15) is 41.5 Å². The summed E-state index contributed by atoms with van der Waals surface area (Å²) in [6.07, 6.45) is 0. The molecule has 0 aliphatic carbocycles. The van der Waals surface area contributed by atoms with Gasteiger partial charge in [-0.2, -0.15) is 0 Å². The molecule has 0 amide bonds. The zero-order valence-corrected chi connectivity index (χ0v) is 24.3. The van der Waals surface area contributed by atoms with Gasteiger partial charge in [-0.15, -0.1) is 0 Å². The van der Waals surface area contributed by atoms with Gasteiger partial charge in [0.25, 0.3) is 0 Å². The highest BCUT2D eigenvalue weighted by molar-refractivity contribution is 7.68. The predicted octanol–water partition coefficient (Wildman–Crippen LogP) is 9.41. The quantitative estimate of drug-likeness (QED) is 0.241. The first-order valence-corrected chi connectivity index (χ1v) is 14.2. The first-order valence-electron chi connectivity index (χ1n) is 12.9. The van der Waals surface area contributed by atoms with E-state index in [0.717, 1.165) is 39.3 Å². The highest BCUT2D eigenvalue weighted by Gasteiger charge is 2.38. The molecule has 0 spiro atoms. The first-order chi connectivity index (χ1) is 17.6. The molecule has 0 unspecified atom stereocenters. The van der Waals surface area contributed by atoms with E-state index in [1.807, 2.05) is 12.1 Å². The number of hydrogen-bond donors (Lipinski definition) is 0. The maximum Gasteiger partial charge on any atom is 0.138 e. The van der Waals surface area contributed by atoms with Crippen LogP contribution in [0.4, 0.5) is 0 Å². The summed E-state index contributed by atoms with van der Waals surface area (Å²) >= 11 is 0. The van der Waals surface area contributed by atoms with Crippen molar-refractivity contribution in [3.8, 4) is 44.9 Å². The maximum absolute atomic E-state index is 6.25. The molecule has 2 nitrogen and oxygen atoms in total. The van der Waals surface area contributed by atoms with Crippen molar-refractivity contribution in [3.63, 3.8) is 0 Å². The summed E-state index contributed by atoms with van der Waals surface area (Å²) < 4.78 is 12.5. The normalized spacial score (nSPS) is 12.0. The third-order valence-electron chi connectivity index (χ3n) is 6.57. The monoisotopic (exact) mass is 510 g/mol. The van der Waals surface area contributed by atoms with Crippen LogP contribution in [0.2, 0.25) is 0 Å². The molecule has 37 heavy (non-hydrogen) atoms. The van der Waals surface area contributed by atoms with E-state index in [1.54, 1.807) is 14.2 Å². The summed E-state index contributed by atoms with van der Waals surface area (Å²) in [5.74, 6) is 1.68. The van der Waals surface area contributed by atoms with E-state index in [1.165, 1.54) is 10.9 Å². The van der Waals surface area contributed by atoms with Crippen LogP contribution < -0.4 is 14.8 Å². The Kier molecular flexibility index (Phi) is 7.81. The molecule has 192 valence electrons. The summed E-state index contributed by atoms with van der Waals surface area (Å²) in [6, 6.07) is 32.1. The average molecular weight is 511 g/mol. The Morgan fingerprint density at radius 1 is 0.514 bits per heavy atom. The fraction of sp³-hybridized carbons (Fsp3) is 0.294. The van der Waals surface area contributed by atoms with E-state index in [9.17, 15) is 0 Å². The van der Waals surface area contributed by atoms with E-state index < -0.39 is 7.92 Å². The van der Waals surface area contributed by atoms with E-state index in [2.05, 4.69) is 120 Å². The van der Waals surface area contributed by atoms with Gasteiger partial charge in [0, 0.05) is 11.1 Å². The molecular weight excluding hydrogens is 471 g/mol. The van der Waals surface area contributed by atoms with E-state index >= 15 is 0 Å². The van der Waals surface area contributed by atoms with Gasteiger partial charge in [0.2, 0.25) is 0 Å². The number of methoxy groups -OCH3 is 2. The minimum Gasteiger partial charge on any atom is -0.495 e. The molecule has 4 aromatic carbocycles. The van der Waals surface area contributed by atoms with Crippen molar-refractivity contribution in [2.75, 3.05) is 14.2 Å². The van der Waals surface area contributed by atoms with Crippen LogP contribution in [0.25, 0.3) is 33.4 Å². The van der Waals surface area contributed by atoms with E-state index in [-0.39, 0.29) is 10.3 Å². The van der Waals surface area contributed by atoms with Crippen molar-refractivity contribution >= 4 is 13.2 Å². The van der Waals surface area contributed by atoms with Crippen molar-refractivity contribution in [3.05, 3.63) is 91.0 Å². The van der Waals surface area contributed by atoms with Crippen molar-refractivity contribution in [1.29, 1.82) is 0 Å². The number of benzene rings is 4. The van der Waals surface area contributed by atoms with Gasteiger partial charge in [-0.3, -0.25) is 0 Å². The van der Waals surface area contributed by atoms with Gasteiger partial charge in [-0.05, 0) is 38.4 Å². The number of hydrogen-bond acceptors (Lipinski definition) is 2. The van der Waals surface area contributed by atoms with Crippen molar-refractivity contribution < 1.29 is 9.47 Å². The molecule has 0 aliphatic heterocycles. The van der Waals surface area contributed by atoms with Gasteiger partial charge < -0.3 is 9.47 Å². The number of rotatable bonds is 6. The fourth-order valence-electron chi connectivity index (χ4n) is 5.59. The molecule has 0 aliphatic rings. The Hall–Kier alpha value is -3.09. The highest BCUT2D eigenvalue weighted by atomic mass is 31.1. The summed E-state index contributed by atoms with van der Waals surface area (Å²) in [4.78, 5) is 0. The SMILES string of the molecule is COc1c(-c2ccccc2)cc(-c2ccccc2)c(OC)c1-c1ccccc1P(C(C)(C)C)C(C)(C)C. The second-order valence-corrected chi connectivity index (χ2v) is 15.2. The molecule has 0 aromatic heterocycles. The van der Waals surface area contributed by atoms with E-state index in [0.29, 0.717) is 0 Å². The number of ether oxygens (including phenoxy) is 2. The zero-order valence-electron chi connectivity index (χ0n) is 23.4. The summed E-state index contributed by atoms with van der Waals surface area (Å²) in [7, 11) is 2.98. The third kappa shape index (κ3) is 5.46. The largest absolute Gasteiger partial charge is 0.495 e. The molecule has 4 rings (SSSR count). The molecule has 0 radical (unpaired) electrons. The summed E-state index contributed by atoms with van der Waals surface area (Å²) in [5, 5.41) is 1.60. The van der Waals surface area contributed by atoms with E-state index in [4.69, 9.17) is 9.47 Å². The second-order valence-electron chi connectivity index (χ2n) is 11.3. The Labute approximate surface area is 224 Å². The van der Waals surface area contributed by atoms with Gasteiger partial charge in [0.05, 0.1) is 19.8 Å². The lowest BCUT2D eigenvalue weighted by Gasteiger charge is -2.43. The van der Waals surface area contributed by atoms with Gasteiger partial charge in [-0.1, -0.05) is 134 Å². The Bertz CT molecular complexity index is 1270. The molecule has 0 atom stereocenters. The lowest BCUT2D eigenvalue weighted by Crippen LogP contribution is -2.32. The van der Waals surface area contributed by atoms with Crippen molar-refractivity contribution in [2.24, 2.45) is 0 Å². The molecule has 0 saturated heterocycles. The van der Waals surface area contributed by atoms with Gasteiger partial charge in [0.15, 0.2) is 0 Å². The molecule has 0 bridgehead atoms. The summed E-state index contributed by atoms with van der Waals surface area (Å²) in [5.41, 5.74) is 6.55. The first kappa shape index (κ1) is 27.0. The van der Waals surface area contributed by atoms with Crippen LogP contribution in [-0.2, 0) is 0 Å². The fourth-order valence-corrected chi connectivity index (χ4v) is 9.71. The van der Waals surface area contributed by atoms with Crippen molar-refractivity contribution in [2.45, 2.75) is 51.9 Å². The molecule has 0 N–H and O–H groups in total. The second kappa shape index (κ2) is 10.7. The molecule has 0 fully saturated rings. The standard InChI is InChI=1S/C34H39O2P/c1-33(2,3)37(34(4,5)6)29-22-16-15-21-26(29)30-31(35-7)27(24-17-11-9-12-18-24)23-28(32(30)36-8)25-19-13-10-14-20-25/h9-23H,1-8H3. The van der Waals surface area contributed by atoms with Crippen molar-refractivity contribution in [1.82, 2.24) is 0 Å². The molecule has 4 aromatic rings. The molecule has 0 heterocycles. The van der Waals surface area contributed by atoms with Gasteiger partial charge >= 0.3 is 0 Å². The molecular formula is C34H39O2P. The summed E-state index contributed by atoms with van der Waals surface area (Å²) in [6.45, 7) is 14.2. The maximum atomic E-state index is 6.25. The van der Waals surface area contributed by atoms with Gasteiger partial charge in [-0.25, -0.2) is 0 Å². The average Bonchev–Trinajstić information content (AvgIpc) is 2.87. The smallest absolute Gasteiger partial charge is 0.138 e. The lowest BCUT2D eigenvalue weighted by atomic mass is 9.90. The minimum absolute atomic E-state index is 0.115. The van der Waals surface area contributed by atoms with Crippen LogP contribution in [0.5, 0.6) is 11.5 Å². The van der Waals surface area contributed by atoms with Crippen LogP contribution in [-0.4, -0.2) is 24.5 Å². The van der Waals surface area contributed by atoms with Crippen LogP contribution in [0.3, 0.4) is 0 Å². The highest BCUT2D eigenvalue weighted by Crippen LogP contribution is 2.61. The lowest BCUT2D eigenvalue weighted by molar-refractivity contribution is 0.399. The van der Waals surface area contributed by atoms with Crippen LogP contribution in [0.15, 0.2) is 91.0 Å².